The van der Waals surface area contributed by atoms with E-state index in [0.29, 0.717) is 19.5 Å². The van der Waals surface area contributed by atoms with Crippen LogP contribution in [0.4, 0.5) is 11.4 Å². The fourth-order valence-electron chi connectivity index (χ4n) is 7.08. The molecule has 7 heteroatoms. The molecule has 0 spiro atoms. The summed E-state index contributed by atoms with van der Waals surface area (Å²) in [6.45, 7) is 10.1. The highest BCUT2D eigenvalue weighted by Crippen LogP contribution is 2.48. The Morgan fingerprint density at radius 1 is 0.860 bits per heavy atom. The number of primary amides is 2. The Bertz CT molecular complexity index is 1540. The van der Waals surface area contributed by atoms with Gasteiger partial charge in [0.15, 0.2) is 0 Å². The van der Waals surface area contributed by atoms with Crippen molar-refractivity contribution in [2.75, 3.05) is 22.9 Å². The molecule has 1 unspecified atom stereocenters. The third-order valence-electron chi connectivity index (χ3n) is 9.47. The Labute approximate surface area is 255 Å². The van der Waals surface area contributed by atoms with Gasteiger partial charge in [-0.15, -0.1) is 0 Å². The molecule has 2 amide bonds. The van der Waals surface area contributed by atoms with E-state index in [1.807, 2.05) is 12.1 Å². The molecule has 5 rings (SSSR count). The van der Waals surface area contributed by atoms with Crippen LogP contribution in [0.2, 0.25) is 0 Å². The van der Waals surface area contributed by atoms with Crippen molar-refractivity contribution in [1.29, 1.82) is 0 Å². The van der Waals surface area contributed by atoms with Crippen molar-refractivity contribution in [1.82, 2.24) is 0 Å². The van der Waals surface area contributed by atoms with Crippen molar-refractivity contribution >= 4 is 23.2 Å². The van der Waals surface area contributed by atoms with Crippen molar-refractivity contribution in [2.45, 2.75) is 76.7 Å². The van der Waals surface area contributed by atoms with Gasteiger partial charge in [0.05, 0.1) is 6.04 Å². The predicted octanol–water partition coefficient (Wildman–Crippen LogP) is 5.46. The number of carbonyl (C=O) groups is 2. The minimum absolute atomic E-state index is 0.0673. The fourth-order valence-corrected chi connectivity index (χ4v) is 7.08. The van der Waals surface area contributed by atoms with Crippen LogP contribution in [0.5, 0.6) is 0 Å². The van der Waals surface area contributed by atoms with Crippen LogP contribution >= 0.6 is 0 Å². The maximum atomic E-state index is 11.7. The lowest BCUT2D eigenvalue weighted by atomic mass is 9.80. The third kappa shape index (κ3) is 5.73. The number of carbonyl (C=O) groups excluding carboxylic acids is 2. The van der Waals surface area contributed by atoms with Crippen LogP contribution in [0, 0.1) is 0 Å². The van der Waals surface area contributed by atoms with Gasteiger partial charge in [-0.05, 0) is 59.7 Å². The van der Waals surface area contributed by atoms with E-state index in [2.05, 4.69) is 98.2 Å². The fraction of sp³-hybridized carbons (Fsp3) is 0.389. The van der Waals surface area contributed by atoms with Gasteiger partial charge in [0.2, 0.25) is 11.8 Å². The molecule has 3 aliphatic rings. The molecule has 6 N–H and O–H groups in total. The maximum absolute atomic E-state index is 11.7. The highest BCUT2D eigenvalue weighted by atomic mass is 16.1. The minimum Gasteiger partial charge on any atom is -0.398 e. The number of rotatable bonds is 9. The van der Waals surface area contributed by atoms with Crippen LogP contribution in [0.25, 0.3) is 0 Å². The van der Waals surface area contributed by atoms with Crippen LogP contribution in [0.1, 0.15) is 70.9 Å². The first-order valence-electron chi connectivity index (χ1n) is 15.3. The number of amides is 2. The van der Waals surface area contributed by atoms with Crippen LogP contribution in [-0.2, 0) is 20.4 Å². The quantitative estimate of drug-likeness (QED) is 0.364. The van der Waals surface area contributed by atoms with Gasteiger partial charge < -0.3 is 27.0 Å². The molecule has 0 bridgehead atoms. The van der Waals surface area contributed by atoms with Gasteiger partial charge in [-0.1, -0.05) is 82.3 Å². The molecule has 2 aromatic carbocycles. The summed E-state index contributed by atoms with van der Waals surface area (Å²) in [5.74, 6) is -0.604. The van der Waals surface area contributed by atoms with E-state index < -0.39 is 0 Å². The van der Waals surface area contributed by atoms with Crippen LogP contribution in [-0.4, -0.2) is 30.9 Å². The van der Waals surface area contributed by atoms with Crippen LogP contribution in [0.15, 0.2) is 95.4 Å². The molecule has 43 heavy (non-hydrogen) atoms. The number of fused-ring (bicyclic) bond motifs is 2. The number of hydrogen-bond donors (Lipinski definition) is 3. The van der Waals surface area contributed by atoms with E-state index in [9.17, 15) is 9.59 Å². The van der Waals surface area contributed by atoms with Crippen molar-refractivity contribution in [3.05, 3.63) is 107 Å². The van der Waals surface area contributed by atoms with Gasteiger partial charge in [-0.2, -0.15) is 0 Å². The molecular formula is C36H45N5O2. The van der Waals surface area contributed by atoms with E-state index in [-0.39, 0.29) is 35.1 Å². The molecule has 0 radical (unpaired) electrons. The SMILES string of the molecule is CC1(C)/C(=C\C=C2/CCCC(/C=C/C3N(CCC(N)=O)c4ccccc4C3(C)C)=C2N)N(CCC(N)=O)c2ccccc21. The summed E-state index contributed by atoms with van der Waals surface area (Å²) in [5.41, 5.74) is 26.6. The number of hydrogen-bond acceptors (Lipinski definition) is 5. The molecule has 0 saturated heterocycles. The summed E-state index contributed by atoms with van der Waals surface area (Å²) >= 11 is 0. The average Bonchev–Trinajstić information content (AvgIpc) is 3.32. The average molecular weight is 580 g/mol. The summed E-state index contributed by atoms with van der Waals surface area (Å²) in [4.78, 5) is 27.9. The zero-order chi connectivity index (χ0) is 30.9. The van der Waals surface area contributed by atoms with Crippen LogP contribution in [0.3, 0.4) is 0 Å². The van der Waals surface area contributed by atoms with Gasteiger partial charge in [0.25, 0.3) is 0 Å². The topological polar surface area (TPSA) is 119 Å². The first-order valence-corrected chi connectivity index (χ1v) is 15.3. The lowest BCUT2D eigenvalue weighted by Crippen LogP contribution is -2.41. The molecular weight excluding hydrogens is 534 g/mol. The lowest BCUT2D eigenvalue weighted by molar-refractivity contribution is -0.118. The molecule has 226 valence electrons. The molecule has 2 heterocycles. The Morgan fingerprint density at radius 2 is 1.49 bits per heavy atom. The number of nitrogens with two attached hydrogens (primary N) is 3. The molecule has 7 nitrogen and oxygen atoms in total. The normalized spacial score (nSPS) is 22.5. The van der Waals surface area contributed by atoms with Gasteiger partial charge in [0.1, 0.15) is 0 Å². The smallest absolute Gasteiger partial charge is 0.219 e. The van der Waals surface area contributed by atoms with Gasteiger partial charge in [-0.3, -0.25) is 9.59 Å². The number of para-hydroxylation sites is 2. The second kappa shape index (κ2) is 11.8. The minimum atomic E-state index is -0.308. The first kappa shape index (κ1) is 30.2. The molecule has 0 saturated carbocycles. The molecule has 0 fully saturated rings. The third-order valence-corrected chi connectivity index (χ3v) is 9.47. The summed E-state index contributed by atoms with van der Waals surface area (Å²) in [7, 11) is 0. The molecule has 2 aliphatic heterocycles. The van der Waals surface area contributed by atoms with Crippen molar-refractivity contribution in [3.63, 3.8) is 0 Å². The summed E-state index contributed by atoms with van der Waals surface area (Å²) in [6.07, 6.45) is 12.2. The van der Waals surface area contributed by atoms with E-state index in [1.54, 1.807) is 0 Å². The zero-order valence-electron chi connectivity index (χ0n) is 25.9. The molecule has 0 aromatic heterocycles. The van der Waals surface area contributed by atoms with Gasteiger partial charge >= 0.3 is 0 Å². The van der Waals surface area contributed by atoms with Crippen LogP contribution < -0.4 is 27.0 Å². The lowest BCUT2D eigenvalue weighted by Gasteiger charge is -2.32. The Kier molecular flexibility index (Phi) is 8.28. The van der Waals surface area contributed by atoms with Crippen molar-refractivity contribution < 1.29 is 9.59 Å². The summed E-state index contributed by atoms with van der Waals surface area (Å²) in [5, 5.41) is 0. The largest absolute Gasteiger partial charge is 0.398 e. The Morgan fingerprint density at radius 3 is 2.19 bits per heavy atom. The predicted molar refractivity (Wildman–Crippen MR) is 175 cm³/mol. The first-order chi connectivity index (χ1) is 20.4. The van der Waals surface area contributed by atoms with E-state index >= 15 is 0 Å². The van der Waals surface area contributed by atoms with E-state index in [0.717, 1.165) is 53.2 Å². The number of allylic oxidation sites excluding steroid dienone is 6. The number of benzene rings is 2. The van der Waals surface area contributed by atoms with Gasteiger partial charge in [-0.25, -0.2) is 0 Å². The van der Waals surface area contributed by atoms with Crippen molar-refractivity contribution in [2.24, 2.45) is 17.2 Å². The molecule has 2 aromatic rings. The molecule has 1 aliphatic carbocycles. The Hall–Kier alpha value is -4.26. The van der Waals surface area contributed by atoms with E-state index in [4.69, 9.17) is 17.2 Å². The summed E-state index contributed by atoms with van der Waals surface area (Å²) in [6, 6.07) is 16.9. The zero-order valence-corrected chi connectivity index (χ0v) is 25.9. The monoisotopic (exact) mass is 579 g/mol. The highest BCUT2D eigenvalue weighted by molar-refractivity contribution is 5.77. The second-order valence-electron chi connectivity index (χ2n) is 13.0. The maximum Gasteiger partial charge on any atom is 0.219 e. The Balaban J connectivity index is 1.46. The standard InChI is InChI=1S/C36H45N5O2/c1-35(2)26-12-5-7-14-28(26)40(22-20-32(37)42)30(35)18-16-24-10-9-11-25(34(24)39)17-19-31-36(3,4)27-13-6-8-15-29(27)41(31)23-21-33(38)43/h5-8,12-19,30H,9-11,20-23,39H2,1-4H3,(H2,37,42)(H2,38,43)/b18-16+,25-17+,31-19+. The molecule has 1 atom stereocenters. The second-order valence-corrected chi connectivity index (χ2v) is 13.0. The number of nitrogens with zero attached hydrogens (tertiary/aromatic N) is 2. The van der Waals surface area contributed by atoms with E-state index in [1.165, 1.54) is 11.1 Å². The summed E-state index contributed by atoms with van der Waals surface area (Å²) < 4.78 is 0. The number of anilines is 2. The van der Waals surface area contributed by atoms with Gasteiger partial charge in [0, 0.05) is 59.5 Å². The van der Waals surface area contributed by atoms with Crippen molar-refractivity contribution in [3.8, 4) is 0 Å². The highest BCUT2D eigenvalue weighted by Gasteiger charge is 2.43.